The minimum absolute atomic E-state index is 0.141. The van der Waals surface area contributed by atoms with E-state index in [9.17, 15) is 4.79 Å². The van der Waals surface area contributed by atoms with Gasteiger partial charge in [-0.3, -0.25) is 4.79 Å². The molecule has 0 aliphatic heterocycles. The first-order valence-electron chi connectivity index (χ1n) is 7.42. The van der Waals surface area contributed by atoms with Gasteiger partial charge in [0.15, 0.2) is 0 Å². The molecule has 23 heavy (non-hydrogen) atoms. The molecule has 3 nitrogen and oxygen atoms in total. The summed E-state index contributed by atoms with van der Waals surface area (Å²) in [5.74, 6) is 1.33. The van der Waals surface area contributed by atoms with Gasteiger partial charge in [0, 0.05) is 11.3 Å². The van der Waals surface area contributed by atoms with Crippen LogP contribution >= 0.6 is 0 Å². The smallest absolute Gasteiger partial charge is 0.255 e. The third-order valence-corrected chi connectivity index (χ3v) is 3.40. The summed E-state index contributed by atoms with van der Waals surface area (Å²) >= 11 is 0. The molecule has 0 aliphatic rings. The lowest BCUT2D eigenvalue weighted by molar-refractivity contribution is 0.102. The monoisotopic (exact) mass is 303 g/mol. The lowest BCUT2D eigenvalue weighted by atomic mass is 10.2. The number of aryl methyl sites for hydroxylation is 1. The number of amides is 1. The first kappa shape index (κ1) is 14.9. The van der Waals surface area contributed by atoms with Gasteiger partial charge in [0.05, 0.1) is 0 Å². The second-order valence-electron chi connectivity index (χ2n) is 5.26. The first-order valence-corrected chi connectivity index (χ1v) is 7.42. The van der Waals surface area contributed by atoms with Crippen LogP contribution in [0.2, 0.25) is 0 Å². The van der Waals surface area contributed by atoms with Crippen LogP contribution in [0.1, 0.15) is 15.9 Å². The van der Waals surface area contributed by atoms with E-state index in [4.69, 9.17) is 4.74 Å². The van der Waals surface area contributed by atoms with Gasteiger partial charge in [-0.05, 0) is 55.5 Å². The first-order chi connectivity index (χ1) is 11.2. The predicted octanol–water partition coefficient (Wildman–Crippen LogP) is 5.04. The van der Waals surface area contributed by atoms with Crippen LogP contribution in [0.25, 0.3) is 0 Å². The fraction of sp³-hybridized carbons (Fsp3) is 0.0500. The van der Waals surface area contributed by atoms with Gasteiger partial charge in [-0.25, -0.2) is 0 Å². The van der Waals surface area contributed by atoms with Gasteiger partial charge in [0.2, 0.25) is 0 Å². The molecule has 3 rings (SSSR count). The summed E-state index contributed by atoms with van der Waals surface area (Å²) < 4.78 is 5.75. The number of hydrogen-bond acceptors (Lipinski definition) is 2. The maximum Gasteiger partial charge on any atom is 0.255 e. The number of carbonyl (C=O) groups is 1. The van der Waals surface area contributed by atoms with Gasteiger partial charge >= 0.3 is 0 Å². The van der Waals surface area contributed by atoms with Crippen LogP contribution < -0.4 is 10.1 Å². The Hall–Kier alpha value is -3.07. The molecule has 0 saturated heterocycles. The number of carbonyl (C=O) groups excluding carboxylic acids is 1. The number of hydrogen-bond donors (Lipinski definition) is 1. The van der Waals surface area contributed by atoms with Gasteiger partial charge in [-0.15, -0.1) is 0 Å². The zero-order valence-electron chi connectivity index (χ0n) is 12.8. The van der Waals surface area contributed by atoms with E-state index in [1.165, 1.54) is 5.56 Å². The van der Waals surface area contributed by atoms with E-state index in [0.717, 1.165) is 11.4 Å². The summed E-state index contributed by atoms with van der Waals surface area (Å²) in [6, 6.07) is 24.3. The third-order valence-electron chi connectivity index (χ3n) is 3.40. The molecule has 0 saturated carbocycles. The Kier molecular flexibility index (Phi) is 4.39. The number of rotatable bonds is 4. The van der Waals surface area contributed by atoms with Crippen molar-refractivity contribution in [2.24, 2.45) is 0 Å². The van der Waals surface area contributed by atoms with Gasteiger partial charge in [0.1, 0.15) is 11.5 Å². The van der Waals surface area contributed by atoms with E-state index >= 15 is 0 Å². The molecule has 1 N–H and O–H groups in total. The number of benzene rings is 3. The second-order valence-corrected chi connectivity index (χ2v) is 5.26. The molecule has 0 fully saturated rings. The average molecular weight is 303 g/mol. The van der Waals surface area contributed by atoms with Gasteiger partial charge in [-0.2, -0.15) is 0 Å². The number of ether oxygens (including phenoxy) is 1. The van der Waals surface area contributed by atoms with Crippen molar-refractivity contribution >= 4 is 11.6 Å². The number of nitrogens with one attached hydrogen (secondary N) is 1. The van der Waals surface area contributed by atoms with Crippen LogP contribution in [-0.2, 0) is 0 Å². The fourth-order valence-electron chi connectivity index (χ4n) is 2.14. The summed E-state index contributed by atoms with van der Waals surface area (Å²) in [5.41, 5.74) is 2.55. The molecule has 0 unspecified atom stereocenters. The van der Waals surface area contributed by atoms with Gasteiger partial charge < -0.3 is 10.1 Å². The highest BCUT2D eigenvalue weighted by Crippen LogP contribution is 2.22. The Morgan fingerprint density at radius 1 is 0.783 bits per heavy atom. The molecule has 0 radical (unpaired) electrons. The summed E-state index contributed by atoms with van der Waals surface area (Å²) in [5, 5.41) is 2.85. The van der Waals surface area contributed by atoms with Crippen LogP contribution in [0.5, 0.6) is 11.5 Å². The molecule has 3 aromatic rings. The van der Waals surface area contributed by atoms with Crippen LogP contribution in [0, 0.1) is 6.92 Å². The van der Waals surface area contributed by atoms with Gasteiger partial charge in [0.25, 0.3) is 5.91 Å². The zero-order valence-corrected chi connectivity index (χ0v) is 12.8. The van der Waals surface area contributed by atoms with Crippen molar-refractivity contribution < 1.29 is 9.53 Å². The molecule has 114 valence electrons. The Bertz CT molecular complexity index is 778. The summed E-state index contributed by atoms with van der Waals surface area (Å²) in [4.78, 5) is 12.2. The Morgan fingerprint density at radius 2 is 1.35 bits per heavy atom. The second kappa shape index (κ2) is 6.79. The molecular formula is C20H17NO2. The van der Waals surface area contributed by atoms with Crippen LogP contribution in [0.4, 0.5) is 5.69 Å². The maximum absolute atomic E-state index is 12.2. The number of para-hydroxylation sites is 1. The van der Waals surface area contributed by atoms with E-state index in [-0.39, 0.29) is 5.91 Å². The quantitative estimate of drug-likeness (QED) is 0.733. The summed E-state index contributed by atoms with van der Waals surface area (Å²) in [7, 11) is 0. The van der Waals surface area contributed by atoms with Crippen LogP contribution in [-0.4, -0.2) is 5.91 Å². The van der Waals surface area contributed by atoms with Crippen molar-refractivity contribution in [2.75, 3.05) is 5.32 Å². The standard InChI is InChI=1S/C20H17NO2/c1-15-7-11-18(12-8-15)23-19-13-9-16(10-14-19)20(22)21-17-5-3-2-4-6-17/h2-14H,1H3,(H,21,22). The lowest BCUT2D eigenvalue weighted by Crippen LogP contribution is -2.11. The zero-order chi connectivity index (χ0) is 16.1. The molecule has 0 aromatic heterocycles. The van der Waals surface area contributed by atoms with Crippen molar-refractivity contribution in [3.05, 3.63) is 90.0 Å². The molecule has 0 atom stereocenters. The van der Waals surface area contributed by atoms with Gasteiger partial charge in [-0.1, -0.05) is 35.9 Å². The highest BCUT2D eigenvalue weighted by Gasteiger charge is 2.06. The molecule has 0 aliphatic carbocycles. The summed E-state index contributed by atoms with van der Waals surface area (Å²) in [6.07, 6.45) is 0. The Morgan fingerprint density at radius 3 is 1.96 bits per heavy atom. The topological polar surface area (TPSA) is 38.3 Å². The maximum atomic E-state index is 12.2. The van der Waals surface area contributed by atoms with E-state index in [1.54, 1.807) is 24.3 Å². The van der Waals surface area contributed by atoms with E-state index in [0.29, 0.717) is 11.3 Å². The van der Waals surface area contributed by atoms with Crippen LogP contribution in [0.15, 0.2) is 78.9 Å². The minimum Gasteiger partial charge on any atom is -0.457 e. The van der Waals surface area contributed by atoms with E-state index in [1.807, 2.05) is 61.5 Å². The molecular weight excluding hydrogens is 286 g/mol. The SMILES string of the molecule is Cc1ccc(Oc2ccc(C(=O)Nc3ccccc3)cc2)cc1. The normalized spacial score (nSPS) is 10.1. The molecule has 3 heteroatoms. The fourth-order valence-corrected chi connectivity index (χ4v) is 2.14. The number of anilines is 1. The lowest BCUT2D eigenvalue weighted by Gasteiger charge is -2.08. The van der Waals surface area contributed by atoms with Crippen LogP contribution in [0.3, 0.4) is 0 Å². The molecule has 0 spiro atoms. The van der Waals surface area contributed by atoms with Crippen molar-refractivity contribution in [2.45, 2.75) is 6.92 Å². The molecule has 1 amide bonds. The average Bonchev–Trinajstić information content (AvgIpc) is 2.58. The predicted molar refractivity (Wildman–Crippen MR) is 92.1 cm³/mol. The minimum atomic E-state index is -0.141. The van der Waals surface area contributed by atoms with E-state index in [2.05, 4.69) is 5.32 Å². The molecule has 3 aromatic carbocycles. The molecule has 0 bridgehead atoms. The van der Waals surface area contributed by atoms with E-state index < -0.39 is 0 Å². The highest BCUT2D eigenvalue weighted by atomic mass is 16.5. The third kappa shape index (κ3) is 3.98. The molecule has 0 heterocycles. The Labute approximate surface area is 135 Å². The van der Waals surface area contributed by atoms with Crippen molar-refractivity contribution in [1.29, 1.82) is 0 Å². The van der Waals surface area contributed by atoms with Crippen molar-refractivity contribution in [1.82, 2.24) is 0 Å². The highest BCUT2D eigenvalue weighted by molar-refractivity contribution is 6.04. The summed E-state index contributed by atoms with van der Waals surface area (Å²) in [6.45, 7) is 2.03. The van der Waals surface area contributed by atoms with Crippen molar-refractivity contribution in [3.8, 4) is 11.5 Å². The van der Waals surface area contributed by atoms with Crippen molar-refractivity contribution in [3.63, 3.8) is 0 Å². The Balaban J connectivity index is 1.66. The largest absolute Gasteiger partial charge is 0.457 e.